The third kappa shape index (κ3) is 3.72. The van der Waals surface area contributed by atoms with Gasteiger partial charge >= 0.3 is 0 Å². The lowest BCUT2D eigenvalue weighted by molar-refractivity contribution is 0.0921. The number of hydrogen-bond acceptors (Lipinski definition) is 3. The zero-order chi connectivity index (χ0) is 15.4. The summed E-state index contributed by atoms with van der Waals surface area (Å²) in [4.78, 5) is 12.0. The van der Waals surface area contributed by atoms with Gasteiger partial charge < -0.3 is 4.74 Å². The largest absolute Gasteiger partial charge is 0.485 e. The molecule has 0 amide bonds. The summed E-state index contributed by atoms with van der Waals surface area (Å²) >= 11 is 11.7. The fourth-order valence-electron chi connectivity index (χ4n) is 1.61. The average molecular weight is 324 g/mol. The monoisotopic (exact) mass is 323 g/mol. The number of carbonyl (C=O) groups excluding carboxylic acids is 1. The van der Waals surface area contributed by atoms with Gasteiger partial charge in [0.1, 0.15) is 17.6 Å². The number of rotatable bonds is 4. The van der Waals surface area contributed by atoms with Gasteiger partial charge in [-0.1, -0.05) is 23.2 Å². The van der Waals surface area contributed by atoms with Gasteiger partial charge in [0.2, 0.25) is 5.78 Å². The first-order chi connectivity index (χ1) is 10.0. The Bertz CT molecular complexity index is 741. The maximum atomic E-state index is 13.4. The van der Waals surface area contributed by atoms with Crippen LogP contribution in [0.2, 0.25) is 10.0 Å². The van der Waals surface area contributed by atoms with Crippen LogP contribution in [0, 0.1) is 17.1 Å². The Kier molecular flexibility index (Phi) is 4.79. The summed E-state index contributed by atoms with van der Waals surface area (Å²) in [7, 11) is 0. The van der Waals surface area contributed by atoms with Gasteiger partial charge in [-0.15, -0.1) is 0 Å². The first-order valence-electron chi connectivity index (χ1n) is 5.82. The molecule has 0 radical (unpaired) electrons. The minimum Gasteiger partial charge on any atom is -0.485 e. The molecule has 106 valence electrons. The molecule has 0 saturated carbocycles. The van der Waals surface area contributed by atoms with Crippen molar-refractivity contribution in [1.29, 1.82) is 5.26 Å². The molecule has 0 spiro atoms. The van der Waals surface area contributed by atoms with E-state index in [1.807, 2.05) is 0 Å². The molecule has 0 aliphatic rings. The van der Waals surface area contributed by atoms with Crippen molar-refractivity contribution in [3.05, 3.63) is 63.4 Å². The Morgan fingerprint density at radius 1 is 1.24 bits per heavy atom. The molecule has 0 aromatic heterocycles. The minimum absolute atomic E-state index is 0.0911. The number of benzene rings is 2. The van der Waals surface area contributed by atoms with Crippen LogP contribution in [0.4, 0.5) is 4.39 Å². The Morgan fingerprint density at radius 2 is 2.00 bits per heavy atom. The molecule has 0 atom stereocenters. The molecule has 0 aliphatic heterocycles. The van der Waals surface area contributed by atoms with E-state index < -0.39 is 5.82 Å². The van der Waals surface area contributed by atoms with E-state index >= 15 is 0 Å². The average Bonchev–Trinajstić information content (AvgIpc) is 2.47. The maximum absolute atomic E-state index is 13.4. The van der Waals surface area contributed by atoms with E-state index in [9.17, 15) is 9.18 Å². The van der Waals surface area contributed by atoms with Crippen molar-refractivity contribution in [1.82, 2.24) is 0 Å². The van der Waals surface area contributed by atoms with Crippen LogP contribution >= 0.6 is 23.2 Å². The molecule has 21 heavy (non-hydrogen) atoms. The summed E-state index contributed by atoms with van der Waals surface area (Å²) in [6, 6.07) is 9.95. The zero-order valence-corrected chi connectivity index (χ0v) is 12.1. The van der Waals surface area contributed by atoms with Crippen LogP contribution in [-0.2, 0) is 0 Å². The van der Waals surface area contributed by atoms with E-state index in [0.29, 0.717) is 5.02 Å². The summed E-state index contributed by atoms with van der Waals surface area (Å²) in [6.07, 6.45) is 0. The van der Waals surface area contributed by atoms with Crippen molar-refractivity contribution in [2.24, 2.45) is 0 Å². The van der Waals surface area contributed by atoms with Crippen molar-refractivity contribution < 1.29 is 13.9 Å². The van der Waals surface area contributed by atoms with Gasteiger partial charge in [0.15, 0.2) is 6.61 Å². The summed E-state index contributed by atoms with van der Waals surface area (Å²) in [5.74, 6) is -0.937. The topological polar surface area (TPSA) is 50.1 Å². The smallest absolute Gasteiger partial charge is 0.201 e. The summed E-state index contributed by atoms with van der Waals surface area (Å²) < 4.78 is 18.6. The predicted molar refractivity (Wildman–Crippen MR) is 77.4 cm³/mol. The fourth-order valence-corrected chi connectivity index (χ4v) is 2.01. The highest BCUT2D eigenvalue weighted by atomic mass is 35.5. The van der Waals surface area contributed by atoms with Crippen molar-refractivity contribution in [2.45, 2.75) is 0 Å². The SMILES string of the molecule is N#Cc1ccc(OCC(=O)c2cc(Cl)ccc2Cl)cc1F. The van der Waals surface area contributed by atoms with Gasteiger partial charge in [0.05, 0.1) is 10.6 Å². The molecule has 2 rings (SSSR count). The minimum atomic E-state index is -0.705. The lowest BCUT2D eigenvalue weighted by atomic mass is 10.1. The highest BCUT2D eigenvalue weighted by Gasteiger charge is 2.12. The Balaban J connectivity index is 2.09. The summed E-state index contributed by atoms with van der Waals surface area (Å²) in [5.41, 5.74) is 0.143. The molecule has 0 fully saturated rings. The Morgan fingerprint density at radius 3 is 2.67 bits per heavy atom. The second-order valence-electron chi connectivity index (χ2n) is 4.09. The molecule has 0 aliphatic carbocycles. The number of carbonyl (C=O) groups is 1. The Hall–Kier alpha value is -2.09. The van der Waals surface area contributed by atoms with Crippen LogP contribution < -0.4 is 4.74 Å². The lowest BCUT2D eigenvalue weighted by Crippen LogP contribution is -2.12. The van der Waals surface area contributed by atoms with Crippen molar-refractivity contribution in [3.63, 3.8) is 0 Å². The number of ether oxygens (including phenoxy) is 1. The molecule has 0 unspecified atom stereocenters. The molecular weight excluding hydrogens is 316 g/mol. The molecule has 6 heteroatoms. The number of nitriles is 1. The van der Waals surface area contributed by atoms with Gasteiger partial charge in [-0.2, -0.15) is 5.26 Å². The van der Waals surface area contributed by atoms with E-state index in [2.05, 4.69) is 0 Å². The van der Waals surface area contributed by atoms with Crippen LogP contribution in [0.15, 0.2) is 36.4 Å². The van der Waals surface area contributed by atoms with Crippen molar-refractivity contribution in [3.8, 4) is 11.8 Å². The maximum Gasteiger partial charge on any atom is 0.201 e. The third-order valence-electron chi connectivity index (χ3n) is 2.66. The van der Waals surface area contributed by atoms with Crippen LogP contribution in [0.5, 0.6) is 5.75 Å². The van der Waals surface area contributed by atoms with E-state index in [-0.39, 0.29) is 34.3 Å². The van der Waals surface area contributed by atoms with Crippen LogP contribution in [-0.4, -0.2) is 12.4 Å². The normalized spacial score (nSPS) is 10.0. The quantitative estimate of drug-likeness (QED) is 0.789. The molecule has 0 heterocycles. The molecular formula is C15H8Cl2FNO2. The second-order valence-corrected chi connectivity index (χ2v) is 4.93. The van der Waals surface area contributed by atoms with Crippen LogP contribution in [0.3, 0.4) is 0 Å². The van der Waals surface area contributed by atoms with Crippen LogP contribution in [0.25, 0.3) is 0 Å². The predicted octanol–water partition coefficient (Wildman–Crippen LogP) is 4.27. The van der Waals surface area contributed by atoms with Crippen molar-refractivity contribution in [2.75, 3.05) is 6.61 Å². The van der Waals surface area contributed by atoms with E-state index in [0.717, 1.165) is 6.07 Å². The first kappa shape index (κ1) is 15.3. The molecule has 2 aromatic carbocycles. The summed E-state index contributed by atoms with van der Waals surface area (Å²) in [6.45, 7) is -0.314. The number of ketones is 1. The van der Waals surface area contributed by atoms with Gasteiger partial charge in [-0.05, 0) is 30.3 Å². The molecule has 0 saturated heterocycles. The summed E-state index contributed by atoms with van der Waals surface area (Å²) in [5, 5.41) is 9.27. The van der Waals surface area contributed by atoms with Gasteiger partial charge in [-0.25, -0.2) is 4.39 Å². The Labute approximate surface area is 130 Å². The number of hydrogen-bond donors (Lipinski definition) is 0. The van der Waals surface area contributed by atoms with E-state index in [1.165, 1.54) is 24.3 Å². The van der Waals surface area contributed by atoms with Gasteiger partial charge in [0.25, 0.3) is 0 Å². The number of halogens is 3. The highest BCUT2D eigenvalue weighted by molar-refractivity contribution is 6.35. The zero-order valence-electron chi connectivity index (χ0n) is 10.6. The molecule has 0 N–H and O–H groups in total. The van der Waals surface area contributed by atoms with Gasteiger partial charge in [0, 0.05) is 16.7 Å². The number of nitrogens with zero attached hydrogens (tertiary/aromatic N) is 1. The van der Waals surface area contributed by atoms with Gasteiger partial charge in [-0.3, -0.25) is 4.79 Å². The standard InChI is InChI=1S/C15H8Cl2FNO2/c16-10-2-4-13(17)12(5-10)15(20)8-21-11-3-1-9(7-19)14(18)6-11/h1-6H,8H2. The van der Waals surface area contributed by atoms with E-state index in [1.54, 1.807) is 12.1 Å². The number of Topliss-reactive ketones (excluding diaryl/α,β-unsaturated/α-hetero) is 1. The molecule has 2 aromatic rings. The molecule has 0 bridgehead atoms. The van der Waals surface area contributed by atoms with Crippen LogP contribution in [0.1, 0.15) is 15.9 Å². The highest BCUT2D eigenvalue weighted by Crippen LogP contribution is 2.22. The second kappa shape index (κ2) is 6.57. The van der Waals surface area contributed by atoms with E-state index in [4.69, 9.17) is 33.2 Å². The van der Waals surface area contributed by atoms with Crippen molar-refractivity contribution >= 4 is 29.0 Å². The first-order valence-corrected chi connectivity index (χ1v) is 6.57. The third-order valence-corrected chi connectivity index (χ3v) is 3.22. The molecule has 3 nitrogen and oxygen atoms in total. The lowest BCUT2D eigenvalue weighted by Gasteiger charge is -2.07. The fraction of sp³-hybridized carbons (Fsp3) is 0.0667.